The Balaban J connectivity index is 2.47. The molecule has 0 spiro atoms. The number of unbranched alkanes of at least 4 members (excludes halogenated alkanes) is 3. The number of halogens is 1. The molecule has 0 aliphatic rings. The first-order valence-electron chi connectivity index (χ1n) is 5.94. The largest absolute Gasteiger partial charge is 0.396 e. The van der Waals surface area contributed by atoms with Crippen molar-refractivity contribution in [3.05, 3.63) is 34.1 Å². The fourth-order valence-corrected chi connectivity index (χ4v) is 1.66. The minimum Gasteiger partial charge on any atom is -0.396 e. The summed E-state index contributed by atoms with van der Waals surface area (Å²) in [7, 11) is 0. The van der Waals surface area contributed by atoms with Crippen LogP contribution in [0.5, 0.6) is 0 Å². The van der Waals surface area contributed by atoms with Gasteiger partial charge in [0.05, 0.1) is 4.92 Å². The smallest absolute Gasteiger partial charge is 0.327 e. The van der Waals surface area contributed by atoms with Crippen molar-refractivity contribution in [2.45, 2.75) is 25.7 Å². The number of anilines is 1. The van der Waals surface area contributed by atoms with Gasteiger partial charge < -0.3 is 10.4 Å². The number of para-hydroxylation sites is 1. The molecule has 2 N–H and O–H groups in total. The molecular formula is C12H17FN2O3. The van der Waals surface area contributed by atoms with Crippen molar-refractivity contribution in [1.29, 1.82) is 0 Å². The normalized spacial score (nSPS) is 10.3. The molecule has 0 heterocycles. The third kappa shape index (κ3) is 4.29. The molecule has 1 aromatic rings. The van der Waals surface area contributed by atoms with Gasteiger partial charge in [-0.3, -0.25) is 10.1 Å². The van der Waals surface area contributed by atoms with Gasteiger partial charge in [0.15, 0.2) is 0 Å². The van der Waals surface area contributed by atoms with Crippen LogP contribution in [0.25, 0.3) is 0 Å². The Morgan fingerprint density at radius 2 is 2.00 bits per heavy atom. The third-order valence-electron chi connectivity index (χ3n) is 2.57. The van der Waals surface area contributed by atoms with Gasteiger partial charge in [-0.1, -0.05) is 18.9 Å². The minimum absolute atomic E-state index is 0.183. The second-order valence-electron chi connectivity index (χ2n) is 3.96. The van der Waals surface area contributed by atoms with Crippen molar-refractivity contribution in [3.8, 4) is 0 Å². The molecule has 0 aliphatic carbocycles. The van der Waals surface area contributed by atoms with E-state index in [0.717, 1.165) is 31.7 Å². The lowest BCUT2D eigenvalue weighted by molar-refractivity contribution is -0.386. The molecule has 1 aromatic carbocycles. The zero-order valence-corrected chi connectivity index (χ0v) is 10.1. The Morgan fingerprint density at radius 1 is 1.28 bits per heavy atom. The van der Waals surface area contributed by atoms with E-state index in [4.69, 9.17) is 5.11 Å². The van der Waals surface area contributed by atoms with E-state index in [1.165, 1.54) is 12.1 Å². The Bertz CT molecular complexity index is 399. The number of aliphatic hydroxyl groups is 1. The molecule has 5 nitrogen and oxygen atoms in total. The van der Waals surface area contributed by atoms with Gasteiger partial charge in [-0.15, -0.1) is 0 Å². The van der Waals surface area contributed by atoms with Crippen molar-refractivity contribution in [2.75, 3.05) is 18.5 Å². The molecule has 0 atom stereocenters. The Labute approximate surface area is 105 Å². The number of nitro benzene ring substituents is 1. The predicted octanol–water partition coefficient (Wildman–Crippen LogP) is 2.70. The highest BCUT2D eigenvalue weighted by molar-refractivity contribution is 5.61. The van der Waals surface area contributed by atoms with Crippen LogP contribution >= 0.6 is 0 Å². The first-order chi connectivity index (χ1) is 8.66. The Morgan fingerprint density at radius 3 is 2.67 bits per heavy atom. The van der Waals surface area contributed by atoms with Crippen LogP contribution in [-0.4, -0.2) is 23.2 Å². The average molecular weight is 256 g/mol. The lowest BCUT2D eigenvalue weighted by Gasteiger charge is -2.07. The highest BCUT2D eigenvalue weighted by Gasteiger charge is 2.18. The molecule has 0 fully saturated rings. The first kappa shape index (κ1) is 14.4. The second kappa shape index (κ2) is 7.60. The Kier molecular flexibility index (Phi) is 6.07. The van der Waals surface area contributed by atoms with Gasteiger partial charge in [-0.05, 0) is 25.0 Å². The Hall–Kier alpha value is -1.69. The van der Waals surface area contributed by atoms with Gasteiger partial charge in [-0.2, -0.15) is 4.39 Å². The number of benzene rings is 1. The van der Waals surface area contributed by atoms with Crippen molar-refractivity contribution in [1.82, 2.24) is 0 Å². The highest BCUT2D eigenvalue weighted by Crippen LogP contribution is 2.27. The van der Waals surface area contributed by atoms with Crippen molar-refractivity contribution < 1.29 is 14.4 Å². The molecular weight excluding hydrogens is 239 g/mol. The molecule has 0 saturated heterocycles. The van der Waals surface area contributed by atoms with Crippen molar-refractivity contribution in [2.24, 2.45) is 0 Å². The molecule has 0 saturated carbocycles. The first-order valence-corrected chi connectivity index (χ1v) is 5.94. The highest BCUT2D eigenvalue weighted by atomic mass is 19.1. The average Bonchev–Trinajstić information content (AvgIpc) is 2.33. The number of aliphatic hydroxyl groups excluding tert-OH is 1. The number of nitrogens with one attached hydrogen (secondary N) is 1. The summed E-state index contributed by atoms with van der Waals surface area (Å²) in [4.78, 5) is 10.00. The molecule has 1 rings (SSSR count). The summed E-state index contributed by atoms with van der Waals surface area (Å²) in [6.07, 6.45) is 3.44. The van der Waals surface area contributed by atoms with E-state index in [-0.39, 0.29) is 12.3 Å². The molecule has 0 unspecified atom stereocenters. The van der Waals surface area contributed by atoms with Crippen LogP contribution in [0.4, 0.5) is 15.8 Å². The molecule has 6 heteroatoms. The number of nitro groups is 1. The van der Waals surface area contributed by atoms with Gasteiger partial charge in [0.25, 0.3) is 0 Å². The van der Waals surface area contributed by atoms with E-state index in [1.807, 2.05) is 0 Å². The number of hydrogen-bond donors (Lipinski definition) is 2. The number of hydrogen-bond acceptors (Lipinski definition) is 4. The van der Waals surface area contributed by atoms with Gasteiger partial charge in [0.2, 0.25) is 5.82 Å². The van der Waals surface area contributed by atoms with Crippen LogP contribution in [0.1, 0.15) is 25.7 Å². The van der Waals surface area contributed by atoms with Crippen molar-refractivity contribution >= 4 is 11.4 Å². The topological polar surface area (TPSA) is 75.4 Å². The molecule has 0 amide bonds. The van der Waals surface area contributed by atoms with Crippen LogP contribution in [0.3, 0.4) is 0 Å². The van der Waals surface area contributed by atoms with Crippen molar-refractivity contribution in [3.63, 3.8) is 0 Å². The van der Waals surface area contributed by atoms with Crippen LogP contribution < -0.4 is 5.32 Å². The quantitative estimate of drug-likeness (QED) is 0.426. The summed E-state index contributed by atoms with van der Waals surface area (Å²) >= 11 is 0. The molecule has 0 radical (unpaired) electrons. The van der Waals surface area contributed by atoms with Crippen LogP contribution in [0.15, 0.2) is 18.2 Å². The molecule has 100 valence electrons. The van der Waals surface area contributed by atoms with Crippen LogP contribution in [-0.2, 0) is 0 Å². The second-order valence-corrected chi connectivity index (χ2v) is 3.96. The van der Waals surface area contributed by atoms with E-state index in [2.05, 4.69) is 5.32 Å². The summed E-state index contributed by atoms with van der Waals surface area (Å²) in [6, 6.07) is 4.01. The SMILES string of the molecule is O=[N+]([O-])c1c(F)cccc1NCCCCCCO. The standard InChI is InChI=1S/C12H17FN2O3/c13-10-6-5-7-11(12(10)15(17)18)14-8-3-1-2-4-9-16/h5-7,14,16H,1-4,8-9H2. The fraction of sp³-hybridized carbons (Fsp3) is 0.500. The summed E-state index contributed by atoms with van der Waals surface area (Å²) in [5, 5.41) is 22.2. The lowest BCUT2D eigenvalue weighted by Crippen LogP contribution is -2.05. The summed E-state index contributed by atoms with van der Waals surface area (Å²) in [5.74, 6) is -0.828. The fourth-order valence-electron chi connectivity index (χ4n) is 1.66. The zero-order chi connectivity index (χ0) is 13.4. The maximum Gasteiger partial charge on any atom is 0.327 e. The van der Waals surface area contributed by atoms with E-state index >= 15 is 0 Å². The van der Waals surface area contributed by atoms with Gasteiger partial charge in [0.1, 0.15) is 5.69 Å². The zero-order valence-electron chi connectivity index (χ0n) is 10.1. The lowest BCUT2D eigenvalue weighted by atomic mass is 10.2. The third-order valence-corrected chi connectivity index (χ3v) is 2.57. The van der Waals surface area contributed by atoms with Crippen LogP contribution in [0, 0.1) is 15.9 Å². The van der Waals surface area contributed by atoms with E-state index in [1.54, 1.807) is 0 Å². The van der Waals surface area contributed by atoms with Gasteiger partial charge in [0, 0.05) is 13.2 Å². The van der Waals surface area contributed by atoms with E-state index in [9.17, 15) is 14.5 Å². The molecule has 18 heavy (non-hydrogen) atoms. The van der Waals surface area contributed by atoms with Crippen LogP contribution in [0.2, 0.25) is 0 Å². The predicted molar refractivity (Wildman–Crippen MR) is 67.1 cm³/mol. The monoisotopic (exact) mass is 256 g/mol. The van der Waals surface area contributed by atoms with E-state index in [0.29, 0.717) is 6.54 Å². The summed E-state index contributed by atoms with van der Waals surface area (Å²) in [5.41, 5.74) is -0.296. The summed E-state index contributed by atoms with van der Waals surface area (Å²) in [6.45, 7) is 0.735. The molecule has 0 bridgehead atoms. The molecule has 0 aliphatic heterocycles. The van der Waals surface area contributed by atoms with E-state index < -0.39 is 16.4 Å². The maximum atomic E-state index is 13.3. The minimum atomic E-state index is -0.828. The number of nitrogens with zero attached hydrogens (tertiary/aromatic N) is 1. The summed E-state index contributed by atoms with van der Waals surface area (Å²) < 4.78 is 13.3. The molecule has 0 aromatic heterocycles. The maximum absolute atomic E-state index is 13.3. The van der Waals surface area contributed by atoms with Gasteiger partial charge >= 0.3 is 5.69 Å². The number of rotatable bonds is 8. The van der Waals surface area contributed by atoms with Gasteiger partial charge in [-0.25, -0.2) is 0 Å².